The Hall–Kier alpha value is -1.42. The highest BCUT2D eigenvalue weighted by atomic mass is 19.1. The van der Waals surface area contributed by atoms with Gasteiger partial charge in [0.2, 0.25) is 0 Å². The van der Waals surface area contributed by atoms with E-state index in [4.69, 9.17) is 0 Å². The van der Waals surface area contributed by atoms with Gasteiger partial charge in [-0.3, -0.25) is 9.69 Å². The third-order valence-corrected chi connectivity index (χ3v) is 2.83. The first-order valence-electron chi connectivity index (χ1n) is 6.11. The number of aryl methyl sites for hydroxylation is 1. The van der Waals surface area contributed by atoms with Crippen molar-refractivity contribution in [1.29, 1.82) is 0 Å². The Morgan fingerprint density at radius 3 is 2.78 bits per heavy atom. The van der Waals surface area contributed by atoms with Crippen molar-refractivity contribution in [3.63, 3.8) is 0 Å². The molecule has 0 radical (unpaired) electrons. The van der Waals surface area contributed by atoms with Gasteiger partial charge in [0.05, 0.1) is 13.7 Å². The molecule has 0 spiro atoms. The molecule has 0 aliphatic heterocycles. The van der Waals surface area contributed by atoms with Crippen LogP contribution in [0.3, 0.4) is 0 Å². The molecule has 3 nitrogen and oxygen atoms in total. The van der Waals surface area contributed by atoms with Crippen molar-refractivity contribution >= 4 is 5.97 Å². The zero-order valence-corrected chi connectivity index (χ0v) is 11.2. The molecule has 0 heterocycles. The predicted octanol–water partition coefficient (Wildman–Crippen LogP) is 2.52. The monoisotopic (exact) mass is 253 g/mol. The Kier molecular flexibility index (Phi) is 5.78. The van der Waals surface area contributed by atoms with E-state index in [0.717, 1.165) is 24.1 Å². The van der Waals surface area contributed by atoms with Crippen LogP contribution in [-0.2, 0) is 16.1 Å². The fourth-order valence-electron chi connectivity index (χ4n) is 1.83. The lowest BCUT2D eigenvalue weighted by molar-refractivity contribution is -0.142. The van der Waals surface area contributed by atoms with Crippen LogP contribution in [0.25, 0.3) is 0 Å². The number of carbonyl (C=O) groups excluding carboxylic acids is 1. The maximum absolute atomic E-state index is 13.2. The minimum Gasteiger partial charge on any atom is -0.468 e. The smallest absolute Gasteiger partial charge is 0.319 e. The van der Waals surface area contributed by atoms with Crippen LogP contribution < -0.4 is 0 Å². The summed E-state index contributed by atoms with van der Waals surface area (Å²) in [5.41, 5.74) is 1.94. The molecule has 0 unspecified atom stereocenters. The minimum absolute atomic E-state index is 0.236. The molecule has 1 aromatic carbocycles. The molecule has 0 fully saturated rings. The average Bonchev–Trinajstić information content (AvgIpc) is 2.34. The standard InChI is InChI=1S/C14H20FNO2/c1-4-7-16(10-14(17)18-3)9-12-8-13(15)6-5-11(12)2/h5-6,8H,4,7,9-10H2,1-3H3. The van der Waals surface area contributed by atoms with Gasteiger partial charge in [-0.2, -0.15) is 0 Å². The number of rotatable bonds is 6. The van der Waals surface area contributed by atoms with Crippen LogP contribution in [0.2, 0.25) is 0 Å². The first kappa shape index (κ1) is 14.6. The lowest BCUT2D eigenvalue weighted by Gasteiger charge is -2.21. The summed E-state index contributed by atoms with van der Waals surface area (Å²) < 4.78 is 17.9. The van der Waals surface area contributed by atoms with Crippen molar-refractivity contribution < 1.29 is 13.9 Å². The van der Waals surface area contributed by atoms with Crippen molar-refractivity contribution in [2.45, 2.75) is 26.8 Å². The van der Waals surface area contributed by atoms with Crippen LogP contribution in [0.4, 0.5) is 4.39 Å². The number of hydrogen-bond acceptors (Lipinski definition) is 3. The van der Waals surface area contributed by atoms with Gasteiger partial charge in [0.15, 0.2) is 0 Å². The lowest BCUT2D eigenvalue weighted by Crippen LogP contribution is -2.31. The van der Waals surface area contributed by atoms with Gasteiger partial charge in [-0.15, -0.1) is 0 Å². The van der Waals surface area contributed by atoms with Gasteiger partial charge in [-0.05, 0) is 43.1 Å². The van der Waals surface area contributed by atoms with E-state index in [0.29, 0.717) is 6.54 Å². The van der Waals surface area contributed by atoms with Crippen LogP contribution in [0, 0.1) is 12.7 Å². The Morgan fingerprint density at radius 1 is 1.44 bits per heavy atom. The maximum Gasteiger partial charge on any atom is 0.319 e. The summed E-state index contributed by atoms with van der Waals surface area (Å²) in [6, 6.07) is 4.73. The molecule has 0 bridgehead atoms. The summed E-state index contributed by atoms with van der Waals surface area (Å²) in [5.74, 6) is -0.511. The van der Waals surface area contributed by atoms with E-state index in [-0.39, 0.29) is 18.3 Å². The highest BCUT2D eigenvalue weighted by molar-refractivity contribution is 5.71. The Labute approximate surface area is 108 Å². The Balaban J connectivity index is 2.75. The number of ether oxygens (including phenoxy) is 1. The fourth-order valence-corrected chi connectivity index (χ4v) is 1.83. The fraction of sp³-hybridized carbons (Fsp3) is 0.500. The normalized spacial score (nSPS) is 10.7. The van der Waals surface area contributed by atoms with Crippen LogP contribution in [0.5, 0.6) is 0 Å². The molecule has 0 aliphatic carbocycles. The van der Waals surface area contributed by atoms with Gasteiger partial charge >= 0.3 is 5.97 Å². The van der Waals surface area contributed by atoms with Gasteiger partial charge in [0.1, 0.15) is 5.82 Å². The van der Waals surface area contributed by atoms with E-state index in [2.05, 4.69) is 4.74 Å². The second-order valence-electron chi connectivity index (χ2n) is 4.36. The molecule has 0 atom stereocenters. The average molecular weight is 253 g/mol. The summed E-state index contributed by atoms with van der Waals surface area (Å²) in [6.45, 7) is 5.57. The maximum atomic E-state index is 13.2. The molecule has 0 aliphatic rings. The molecule has 0 saturated heterocycles. The molecule has 0 amide bonds. The lowest BCUT2D eigenvalue weighted by atomic mass is 10.1. The van der Waals surface area contributed by atoms with Crippen molar-refractivity contribution in [1.82, 2.24) is 4.90 Å². The zero-order valence-electron chi connectivity index (χ0n) is 11.2. The van der Waals surface area contributed by atoms with Gasteiger partial charge in [-0.1, -0.05) is 13.0 Å². The summed E-state index contributed by atoms with van der Waals surface area (Å²) >= 11 is 0. The molecule has 0 N–H and O–H groups in total. The van der Waals surface area contributed by atoms with Crippen molar-refractivity contribution in [3.05, 3.63) is 35.1 Å². The second-order valence-corrected chi connectivity index (χ2v) is 4.36. The van der Waals surface area contributed by atoms with Gasteiger partial charge in [-0.25, -0.2) is 4.39 Å². The minimum atomic E-state index is -0.266. The summed E-state index contributed by atoms with van der Waals surface area (Å²) in [4.78, 5) is 13.3. The number of halogens is 1. The Morgan fingerprint density at radius 2 is 2.17 bits per heavy atom. The molecule has 1 aromatic rings. The summed E-state index contributed by atoms with van der Waals surface area (Å²) in [5, 5.41) is 0. The number of methoxy groups -OCH3 is 1. The molecular formula is C14H20FNO2. The second kappa shape index (κ2) is 7.11. The van der Waals surface area contributed by atoms with Crippen molar-refractivity contribution in [2.75, 3.05) is 20.2 Å². The molecular weight excluding hydrogens is 233 g/mol. The summed E-state index contributed by atoms with van der Waals surface area (Å²) in [6.07, 6.45) is 0.936. The molecule has 0 aromatic heterocycles. The molecule has 18 heavy (non-hydrogen) atoms. The van der Waals surface area contributed by atoms with E-state index in [1.807, 2.05) is 18.7 Å². The molecule has 4 heteroatoms. The third-order valence-electron chi connectivity index (χ3n) is 2.83. The van der Waals surface area contributed by atoms with Crippen molar-refractivity contribution in [3.8, 4) is 0 Å². The third kappa shape index (κ3) is 4.45. The van der Waals surface area contributed by atoms with Gasteiger partial charge in [0, 0.05) is 6.54 Å². The number of benzene rings is 1. The Bertz CT molecular complexity index is 407. The van der Waals surface area contributed by atoms with E-state index >= 15 is 0 Å². The molecule has 100 valence electrons. The number of carbonyl (C=O) groups is 1. The molecule has 0 saturated carbocycles. The van der Waals surface area contributed by atoms with Crippen LogP contribution >= 0.6 is 0 Å². The van der Waals surface area contributed by atoms with E-state index < -0.39 is 0 Å². The molecule has 1 rings (SSSR count). The SMILES string of the molecule is CCCN(CC(=O)OC)Cc1cc(F)ccc1C. The van der Waals surface area contributed by atoms with Crippen LogP contribution in [0.1, 0.15) is 24.5 Å². The first-order chi connectivity index (χ1) is 8.56. The van der Waals surface area contributed by atoms with E-state index in [1.54, 1.807) is 6.07 Å². The topological polar surface area (TPSA) is 29.5 Å². The van der Waals surface area contributed by atoms with Gasteiger partial charge < -0.3 is 4.74 Å². The quantitative estimate of drug-likeness (QED) is 0.730. The summed E-state index contributed by atoms with van der Waals surface area (Å²) in [7, 11) is 1.37. The van der Waals surface area contributed by atoms with Gasteiger partial charge in [0.25, 0.3) is 0 Å². The highest BCUT2D eigenvalue weighted by Crippen LogP contribution is 2.13. The van der Waals surface area contributed by atoms with E-state index in [1.165, 1.54) is 19.2 Å². The highest BCUT2D eigenvalue weighted by Gasteiger charge is 2.12. The number of hydrogen-bond donors (Lipinski definition) is 0. The first-order valence-corrected chi connectivity index (χ1v) is 6.11. The van der Waals surface area contributed by atoms with Crippen LogP contribution in [0.15, 0.2) is 18.2 Å². The predicted molar refractivity (Wildman–Crippen MR) is 68.7 cm³/mol. The number of esters is 1. The van der Waals surface area contributed by atoms with Crippen LogP contribution in [-0.4, -0.2) is 31.1 Å². The van der Waals surface area contributed by atoms with Crippen molar-refractivity contribution in [2.24, 2.45) is 0 Å². The largest absolute Gasteiger partial charge is 0.468 e. The zero-order chi connectivity index (χ0) is 13.5. The van der Waals surface area contributed by atoms with E-state index in [9.17, 15) is 9.18 Å². The number of nitrogens with zero attached hydrogens (tertiary/aromatic N) is 1.